The average molecular weight is 181 g/mol. The second-order valence-electron chi connectivity index (χ2n) is 2.53. The van der Waals surface area contributed by atoms with Crippen LogP contribution in [0.1, 0.15) is 15.9 Å². The third-order valence-electron chi connectivity index (χ3n) is 1.55. The minimum atomic E-state index is -0.0787. The van der Waals surface area contributed by atoms with Gasteiger partial charge in [0.2, 0.25) is 0 Å². The Morgan fingerprint density at radius 1 is 1.42 bits per heavy atom. The van der Waals surface area contributed by atoms with E-state index in [1.807, 2.05) is 19.1 Å². The van der Waals surface area contributed by atoms with Crippen molar-refractivity contribution in [3.8, 4) is 0 Å². The van der Waals surface area contributed by atoms with Crippen molar-refractivity contribution in [2.75, 3.05) is 5.88 Å². The van der Waals surface area contributed by atoms with E-state index in [2.05, 4.69) is 17.9 Å². The first kappa shape index (κ1) is 9.13. The summed E-state index contributed by atoms with van der Waals surface area (Å²) in [7, 11) is 0. The van der Waals surface area contributed by atoms with Gasteiger partial charge in [-0.05, 0) is 19.1 Å². The smallest absolute Gasteiger partial charge is 0.251 e. The van der Waals surface area contributed by atoms with Gasteiger partial charge in [-0.1, -0.05) is 17.7 Å². The van der Waals surface area contributed by atoms with E-state index in [0.29, 0.717) is 11.4 Å². The largest absolute Gasteiger partial charge is 0.343 e. The van der Waals surface area contributed by atoms with Crippen LogP contribution in [0.25, 0.3) is 0 Å². The topological polar surface area (TPSA) is 29.1 Å². The van der Waals surface area contributed by atoms with Crippen LogP contribution in [-0.4, -0.2) is 11.8 Å². The summed E-state index contributed by atoms with van der Waals surface area (Å²) >= 11 is 3.90. The van der Waals surface area contributed by atoms with Gasteiger partial charge < -0.3 is 5.32 Å². The predicted molar refractivity (Wildman–Crippen MR) is 52.5 cm³/mol. The molecule has 3 heteroatoms. The van der Waals surface area contributed by atoms with Crippen molar-refractivity contribution in [2.45, 2.75) is 6.92 Å². The van der Waals surface area contributed by atoms with Gasteiger partial charge in [-0.3, -0.25) is 4.79 Å². The molecular weight excluding hydrogens is 170 g/mol. The highest BCUT2D eigenvalue weighted by Crippen LogP contribution is 2.02. The van der Waals surface area contributed by atoms with Crippen LogP contribution in [0.4, 0.5) is 0 Å². The summed E-state index contributed by atoms with van der Waals surface area (Å²) in [5.74, 6) is 0.289. The normalized spacial score (nSPS) is 9.50. The van der Waals surface area contributed by atoms with Gasteiger partial charge in [0.25, 0.3) is 5.91 Å². The van der Waals surface area contributed by atoms with E-state index in [9.17, 15) is 4.79 Å². The van der Waals surface area contributed by atoms with E-state index in [0.717, 1.165) is 5.56 Å². The molecule has 0 aliphatic heterocycles. The first-order chi connectivity index (χ1) is 5.74. The first-order valence-corrected chi connectivity index (χ1v) is 4.33. The highest BCUT2D eigenvalue weighted by atomic mass is 32.1. The van der Waals surface area contributed by atoms with Crippen LogP contribution in [0.15, 0.2) is 24.3 Å². The fraction of sp³-hybridized carbons (Fsp3) is 0.222. The van der Waals surface area contributed by atoms with Crippen molar-refractivity contribution >= 4 is 18.5 Å². The lowest BCUT2D eigenvalue weighted by atomic mass is 10.1. The molecule has 0 radical (unpaired) electrons. The zero-order chi connectivity index (χ0) is 8.97. The number of carbonyl (C=O) groups excluding carboxylic acids is 1. The number of benzene rings is 1. The van der Waals surface area contributed by atoms with Crippen LogP contribution < -0.4 is 5.32 Å². The van der Waals surface area contributed by atoms with Crippen molar-refractivity contribution in [1.82, 2.24) is 5.32 Å². The highest BCUT2D eigenvalue weighted by Gasteiger charge is 2.01. The fourth-order valence-corrected chi connectivity index (χ4v) is 1.02. The van der Waals surface area contributed by atoms with E-state index in [1.165, 1.54) is 0 Å². The Kier molecular flexibility index (Phi) is 3.17. The number of rotatable bonds is 2. The fourth-order valence-electron chi connectivity index (χ4n) is 0.879. The molecule has 1 N–H and O–H groups in total. The Labute approximate surface area is 77.4 Å². The summed E-state index contributed by atoms with van der Waals surface area (Å²) in [6, 6.07) is 7.42. The molecule has 0 heterocycles. The van der Waals surface area contributed by atoms with E-state index < -0.39 is 0 Å². The van der Waals surface area contributed by atoms with Gasteiger partial charge in [0.15, 0.2) is 0 Å². The molecule has 12 heavy (non-hydrogen) atoms. The van der Waals surface area contributed by atoms with Crippen LogP contribution in [0.2, 0.25) is 0 Å². The van der Waals surface area contributed by atoms with Gasteiger partial charge in [-0.15, -0.1) is 0 Å². The molecule has 1 rings (SSSR count). The number of thiol groups is 1. The molecule has 0 fully saturated rings. The number of carbonyl (C=O) groups is 1. The van der Waals surface area contributed by atoms with E-state index in [-0.39, 0.29) is 5.91 Å². The lowest BCUT2D eigenvalue weighted by Crippen LogP contribution is -2.21. The zero-order valence-corrected chi connectivity index (χ0v) is 7.77. The van der Waals surface area contributed by atoms with Crippen molar-refractivity contribution in [3.63, 3.8) is 0 Å². The molecule has 2 nitrogen and oxygen atoms in total. The SMILES string of the molecule is Cc1ccc(C(=O)NCS)cc1. The second kappa shape index (κ2) is 4.16. The van der Waals surface area contributed by atoms with Crippen LogP contribution in [0.3, 0.4) is 0 Å². The molecule has 0 saturated carbocycles. The number of hydrogen-bond donors (Lipinski definition) is 2. The molecule has 0 bridgehead atoms. The van der Waals surface area contributed by atoms with Gasteiger partial charge in [0.1, 0.15) is 0 Å². The molecule has 0 aromatic heterocycles. The number of nitrogens with one attached hydrogen (secondary N) is 1. The Bertz CT molecular complexity index is 268. The van der Waals surface area contributed by atoms with Crippen molar-refractivity contribution in [3.05, 3.63) is 35.4 Å². The van der Waals surface area contributed by atoms with E-state index >= 15 is 0 Å². The molecular formula is C9H11NOS. The van der Waals surface area contributed by atoms with Crippen LogP contribution in [0.5, 0.6) is 0 Å². The summed E-state index contributed by atoms with van der Waals surface area (Å²) in [5, 5.41) is 2.61. The second-order valence-corrected chi connectivity index (χ2v) is 2.85. The maximum Gasteiger partial charge on any atom is 0.251 e. The van der Waals surface area contributed by atoms with Gasteiger partial charge >= 0.3 is 0 Å². The van der Waals surface area contributed by atoms with Crippen LogP contribution in [-0.2, 0) is 0 Å². The average Bonchev–Trinajstić information content (AvgIpc) is 2.06. The molecule has 1 amide bonds. The summed E-state index contributed by atoms with van der Waals surface area (Å²) in [6.07, 6.45) is 0. The van der Waals surface area contributed by atoms with Gasteiger partial charge in [-0.25, -0.2) is 0 Å². The molecule has 0 unspecified atom stereocenters. The molecule has 1 aromatic carbocycles. The Morgan fingerprint density at radius 3 is 2.50 bits per heavy atom. The lowest BCUT2D eigenvalue weighted by Gasteiger charge is -2.00. The van der Waals surface area contributed by atoms with Gasteiger partial charge in [0, 0.05) is 5.56 Å². The minimum Gasteiger partial charge on any atom is -0.343 e. The molecule has 0 aliphatic carbocycles. The monoisotopic (exact) mass is 181 g/mol. The predicted octanol–water partition coefficient (Wildman–Crippen LogP) is 1.61. The summed E-state index contributed by atoms with van der Waals surface area (Å²) < 4.78 is 0. The Balaban J connectivity index is 2.75. The van der Waals surface area contributed by atoms with Crippen LogP contribution >= 0.6 is 12.6 Å². The number of aryl methyl sites for hydroxylation is 1. The Morgan fingerprint density at radius 2 is 2.00 bits per heavy atom. The molecule has 0 aliphatic rings. The maximum atomic E-state index is 11.2. The third kappa shape index (κ3) is 2.27. The zero-order valence-electron chi connectivity index (χ0n) is 6.87. The first-order valence-electron chi connectivity index (χ1n) is 3.70. The minimum absolute atomic E-state index is 0.0787. The Hall–Kier alpha value is -0.960. The number of amides is 1. The van der Waals surface area contributed by atoms with Crippen LogP contribution in [0, 0.1) is 6.92 Å². The molecule has 64 valence electrons. The van der Waals surface area contributed by atoms with E-state index in [1.54, 1.807) is 12.1 Å². The van der Waals surface area contributed by atoms with Gasteiger partial charge in [-0.2, -0.15) is 12.6 Å². The van der Waals surface area contributed by atoms with Crippen molar-refractivity contribution in [1.29, 1.82) is 0 Å². The molecule has 0 spiro atoms. The summed E-state index contributed by atoms with van der Waals surface area (Å²) in [4.78, 5) is 11.2. The highest BCUT2D eigenvalue weighted by molar-refractivity contribution is 7.80. The van der Waals surface area contributed by atoms with Crippen molar-refractivity contribution in [2.24, 2.45) is 0 Å². The molecule has 0 atom stereocenters. The summed E-state index contributed by atoms with van der Waals surface area (Å²) in [5.41, 5.74) is 1.83. The van der Waals surface area contributed by atoms with Gasteiger partial charge in [0.05, 0.1) is 5.88 Å². The maximum absolute atomic E-state index is 11.2. The van der Waals surface area contributed by atoms with E-state index in [4.69, 9.17) is 0 Å². The quantitative estimate of drug-likeness (QED) is 0.527. The third-order valence-corrected chi connectivity index (χ3v) is 1.71. The molecule has 1 aromatic rings. The molecule has 0 saturated heterocycles. The standard InChI is InChI=1S/C9H11NOS/c1-7-2-4-8(5-3-7)9(11)10-6-12/h2-5,12H,6H2,1H3,(H,10,11). The lowest BCUT2D eigenvalue weighted by molar-refractivity contribution is 0.0961. The summed E-state index contributed by atoms with van der Waals surface area (Å²) in [6.45, 7) is 1.99. The number of hydrogen-bond acceptors (Lipinski definition) is 2. The van der Waals surface area contributed by atoms with Crippen molar-refractivity contribution < 1.29 is 4.79 Å².